The summed E-state index contributed by atoms with van der Waals surface area (Å²) in [7, 11) is -3.74. The largest absolute Gasteiger partial charge is 0.392 e. The van der Waals surface area contributed by atoms with Gasteiger partial charge in [0.15, 0.2) is 0 Å². The lowest BCUT2D eigenvalue weighted by Gasteiger charge is -2.00. The summed E-state index contributed by atoms with van der Waals surface area (Å²) in [5.41, 5.74) is 0.637. The molecule has 0 aliphatic carbocycles. The summed E-state index contributed by atoms with van der Waals surface area (Å²) in [4.78, 5) is 0.0136. The van der Waals surface area contributed by atoms with E-state index < -0.39 is 10.1 Å². The molecular formula is C7H8O4S2. The van der Waals surface area contributed by atoms with Gasteiger partial charge in [0.1, 0.15) is 0 Å². The van der Waals surface area contributed by atoms with E-state index in [0.717, 1.165) is 0 Å². The quantitative estimate of drug-likeness (QED) is 0.582. The van der Waals surface area contributed by atoms with E-state index in [0.29, 0.717) is 5.56 Å². The number of thiol groups is 1. The van der Waals surface area contributed by atoms with Crippen LogP contribution in [0.4, 0.5) is 0 Å². The van der Waals surface area contributed by atoms with Crippen molar-refractivity contribution in [3.05, 3.63) is 29.8 Å². The van der Waals surface area contributed by atoms with Crippen LogP contribution < -0.4 is 0 Å². The first-order valence-corrected chi connectivity index (χ1v) is 5.15. The summed E-state index contributed by atoms with van der Waals surface area (Å²) in [6.07, 6.45) is 0. The summed E-state index contributed by atoms with van der Waals surface area (Å²) < 4.78 is 26.1. The minimum absolute atomic E-state index is 0.0136. The number of benzene rings is 1. The van der Waals surface area contributed by atoms with Crippen molar-refractivity contribution in [2.24, 2.45) is 0 Å². The van der Waals surface area contributed by atoms with Gasteiger partial charge >= 0.3 is 10.1 Å². The highest BCUT2D eigenvalue weighted by atomic mass is 32.3. The average molecular weight is 220 g/mol. The maximum atomic E-state index is 11.0. The SMILES string of the molecule is O=S(=O)(OS)c1ccc(CO)cc1. The van der Waals surface area contributed by atoms with E-state index in [2.05, 4.69) is 16.5 Å². The van der Waals surface area contributed by atoms with Crippen molar-refractivity contribution < 1.29 is 17.2 Å². The van der Waals surface area contributed by atoms with Crippen molar-refractivity contribution >= 4 is 23.0 Å². The van der Waals surface area contributed by atoms with Crippen LogP contribution in [0.25, 0.3) is 0 Å². The highest BCUT2D eigenvalue weighted by Crippen LogP contribution is 2.14. The molecule has 6 heteroatoms. The van der Waals surface area contributed by atoms with E-state index in [9.17, 15) is 8.42 Å². The van der Waals surface area contributed by atoms with E-state index in [1.165, 1.54) is 24.3 Å². The van der Waals surface area contributed by atoms with Crippen LogP contribution in [-0.4, -0.2) is 13.5 Å². The Bertz CT molecular complexity index is 368. The monoisotopic (exact) mass is 220 g/mol. The molecule has 72 valence electrons. The van der Waals surface area contributed by atoms with Crippen LogP contribution in [-0.2, 0) is 20.4 Å². The molecule has 0 saturated heterocycles. The van der Waals surface area contributed by atoms with Gasteiger partial charge in [-0.25, -0.2) is 0 Å². The molecular weight excluding hydrogens is 212 g/mol. The molecule has 0 fully saturated rings. The molecule has 0 aliphatic rings. The molecule has 0 radical (unpaired) electrons. The van der Waals surface area contributed by atoms with Gasteiger partial charge in [0.05, 0.1) is 11.5 Å². The lowest BCUT2D eigenvalue weighted by molar-refractivity contribution is 0.281. The van der Waals surface area contributed by atoms with Gasteiger partial charge in [0.25, 0.3) is 0 Å². The third kappa shape index (κ3) is 2.44. The second-order valence-corrected chi connectivity index (χ2v) is 4.31. The minimum atomic E-state index is -3.74. The van der Waals surface area contributed by atoms with Gasteiger partial charge in [0.2, 0.25) is 0 Å². The van der Waals surface area contributed by atoms with E-state index in [-0.39, 0.29) is 11.5 Å². The van der Waals surface area contributed by atoms with Gasteiger partial charge < -0.3 is 5.11 Å². The first-order valence-electron chi connectivity index (χ1n) is 3.38. The molecule has 1 aromatic carbocycles. The molecule has 0 saturated carbocycles. The van der Waals surface area contributed by atoms with Crippen molar-refractivity contribution in [2.75, 3.05) is 0 Å². The highest BCUT2D eigenvalue weighted by molar-refractivity contribution is 7.95. The van der Waals surface area contributed by atoms with Gasteiger partial charge in [-0.3, -0.25) is 0 Å². The zero-order chi connectivity index (χ0) is 9.90. The Kier molecular flexibility index (Phi) is 3.32. The molecule has 1 rings (SSSR count). The summed E-state index contributed by atoms with van der Waals surface area (Å²) in [5.74, 6) is 0. The van der Waals surface area contributed by atoms with Crippen molar-refractivity contribution in [2.45, 2.75) is 11.5 Å². The lowest BCUT2D eigenvalue weighted by atomic mass is 10.2. The van der Waals surface area contributed by atoms with Gasteiger partial charge in [-0.2, -0.15) is 12.0 Å². The zero-order valence-electron chi connectivity index (χ0n) is 6.54. The smallest absolute Gasteiger partial charge is 0.307 e. The van der Waals surface area contributed by atoms with Crippen LogP contribution in [0.1, 0.15) is 5.56 Å². The summed E-state index contributed by atoms with van der Waals surface area (Å²) in [5, 5.41) is 8.69. The summed E-state index contributed by atoms with van der Waals surface area (Å²) in [6, 6.07) is 5.69. The van der Waals surface area contributed by atoms with E-state index in [1.54, 1.807) is 0 Å². The fraction of sp³-hybridized carbons (Fsp3) is 0.143. The maximum Gasteiger partial charge on any atom is 0.307 e. The summed E-state index contributed by atoms with van der Waals surface area (Å²) in [6.45, 7) is -0.123. The second-order valence-electron chi connectivity index (χ2n) is 2.33. The number of rotatable bonds is 3. The van der Waals surface area contributed by atoms with Crippen LogP contribution in [0.15, 0.2) is 29.2 Å². The number of hydrogen-bond acceptors (Lipinski definition) is 5. The lowest BCUT2D eigenvalue weighted by Crippen LogP contribution is -1.99. The summed E-state index contributed by atoms with van der Waals surface area (Å²) >= 11 is 3.22. The molecule has 0 bridgehead atoms. The Morgan fingerprint density at radius 3 is 2.23 bits per heavy atom. The number of aliphatic hydroxyl groups is 1. The molecule has 1 N–H and O–H groups in total. The van der Waals surface area contributed by atoms with Crippen molar-refractivity contribution in [1.82, 2.24) is 0 Å². The van der Waals surface area contributed by atoms with Crippen molar-refractivity contribution in [3.8, 4) is 0 Å². The fourth-order valence-corrected chi connectivity index (χ4v) is 1.62. The van der Waals surface area contributed by atoms with Crippen molar-refractivity contribution in [3.63, 3.8) is 0 Å². The standard InChI is InChI=1S/C7H8O4S2/c8-5-6-1-3-7(4-2-6)13(9,10)11-12/h1-4,8,12H,5H2. The minimum Gasteiger partial charge on any atom is -0.392 e. The van der Waals surface area contributed by atoms with Crippen LogP contribution in [0.5, 0.6) is 0 Å². The fourth-order valence-electron chi connectivity index (χ4n) is 0.805. The second kappa shape index (κ2) is 4.10. The first-order chi connectivity index (χ1) is 6.10. The predicted octanol–water partition coefficient (Wildman–Crippen LogP) is 0.729. The average Bonchev–Trinajstić information content (AvgIpc) is 2.18. The van der Waals surface area contributed by atoms with Crippen LogP contribution in [0.2, 0.25) is 0 Å². The molecule has 0 amide bonds. The third-order valence-corrected chi connectivity index (χ3v) is 3.13. The van der Waals surface area contributed by atoms with Crippen LogP contribution in [0, 0.1) is 0 Å². The van der Waals surface area contributed by atoms with Gasteiger partial charge in [-0.15, -0.1) is 0 Å². The molecule has 0 heterocycles. The Balaban J connectivity index is 3.06. The molecule has 0 spiro atoms. The third-order valence-electron chi connectivity index (χ3n) is 1.49. The Hall–Kier alpha value is -0.560. The molecule has 13 heavy (non-hydrogen) atoms. The molecule has 1 aromatic rings. The molecule has 0 atom stereocenters. The van der Waals surface area contributed by atoms with Gasteiger partial charge in [-0.05, 0) is 30.6 Å². The van der Waals surface area contributed by atoms with E-state index in [1.807, 2.05) is 0 Å². The Labute approximate surface area is 81.9 Å². The number of hydrogen-bond donors (Lipinski definition) is 2. The van der Waals surface area contributed by atoms with Gasteiger partial charge in [0, 0.05) is 0 Å². The molecule has 0 aromatic heterocycles. The highest BCUT2D eigenvalue weighted by Gasteiger charge is 2.12. The Morgan fingerprint density at radius 2 is 1.85 bits per heavy atom. The van der Waals surface area contributed by atoms with Gasteiger partial charge in [-0.1, -0.05) is 12.1 Å². The Morgan fingerprint density at radius 1 is 1.31 bits per heavy atom. The van der Waals surface area contributed by atoms with Crippen molar-refractivity contribution in [1.29, 1.82) is 0 Å². The topological polar surface area (TPSA) is 63.6 Å². The number of aliphatic hydroxyl groups excluding tert-OH is 1. The van der Waals surface area contributed by atoms with E-state index >= 15 is 0 Å². The normalized spacial score (nSPS) is 11.5. The maximum absolute atomic E-state index is 11.0. The van der Waals surface area contributed by atoms with Crippen LogP contribution in [0.3, 0.4) is 0 Å². The molecule has 0 aliphatic heterocycles. The predicted molar refractivity (Wildman–Crippen MR) is 49.6 cm³/mol. The van der Waals surface area contributed by atoms with Crippen LogP contribution >= 0.6 is 12.9 Å². The first kappa shape index (κ1) is 10.5. The molecule has 0 unspecified atom stereocenters. The molecule has 4 nitrogen and oxygen atoms in total. The van der Waals surface area contributed by atoms with E-state index in [4.69, 9.17) is 5.11 Å². The zero-order valence-corrected chi connectivity index (χ0v) is 8.25.